The van der Waals surface area contributed by atoms with Crippen LogP contribution >= 0.6 is 24.0 Å². The van der Waals surface area contributed by atoms with E-state index in [9.17, 15) is 4.39 Å². The highest BCUT2D eigenvalue weighted by Crippen LogP contribution is 2.20. The predicted molar refractivity (Wildman–Crippen MR) is 127 cm³/mol. The summed E-state index contributed by atoms with van der Waals surface area (Å²) in [7, 11) is 3.32. The number of nitriles is 1. The van der Waals surface area contributed by atoms with Gasteiger partial charge >= 0.3 is 0 Å². The first kappa shape index (κ1) is 25.7. The largest absolute Gasteiger partial charge is 0.493 e. The average Bonchev–Trinajstić information content (AvgIpc) is 2.73. The van der Waals surface area contributed by atoms with Crippen LogP contribution in [0.5, 0.6) is 5.75 Å². The molecule has 2 N–H and O–H groups in total. The molecule has 2 aromatic rings. The summed E-state index contributed by atoms with van der Waals surface area (Å²) in [5, 5.41) is 15.3. The molecule has 8 heteroatoms. The number of methoxy groups -OCH3 is 1. The molecule has 0 unspecified atom stereocenters. The van der Waals surface area contributed by atoms with Crippen LogP contribution in [0.15, 0.2) is 41.4 Å². The molecule has 0 saturated carbocycles. The number of nitrogens with one attached hydrogen (secondary N) is 2. The van der Waals surface area contributed by atoms with Gasteiger partial charge in [-0.1, -0.05) is 12.1 Å². The van der Waals surface area contributed by atoms with E-state index in [-0.39, 0.29) is 36.3 Å². The highest BCUT2D eigenvalue weighted by atomic mass is 127. The third kappa shape index (κ3) is 8.16. The average molecular weight is 526 g/mol. The lowest BCUT2D eigenvalue weighted by Gasteiger charge is -2.16. The molecule has 162 valence electrons. The van der Waals surface area contributed by atoms with E-state index in [4.69, 9.17) is 14.7 Å². The van der Waals surface area contributed by atoms with Crippen LogP contribution in [0.25, 0.3) is 0 Å². The Morgan fingerprint density at radius 1 is 1.10 bits per heavy atom. The number of halogens is 2. The number of nitrogens with zero attached hydrogens (tertiary/aromatic N) is 2. The molecule has 0 fully saturated rings. The van der Waals surface area contributed by atoms with Gasteiger partial charge in [0, 0.05) is 51.4 Å². The minimum atomic E-state index is -0.364. The Balaban J connectivity index is 0.00000450. The van der Waals surface area contributed by atoms with Crippen LogP contribution in [-0.2, 0) is 17.8 Å². The minimum Gasteiger partial charge on any atom is -0.493 e. The van der Waals surface area contributed by atoms with Crippen LogP contribution in [0.4, 0.5) is 4.39 Å². The summed E-state index contributed by atoms with van der Waals surface area (Å²) in [6.07, 6.45) is 0.813. The lowest BCUT2D eigenvalue weighted by atomic mass is 10.1. The Hall–Kier alpha value is -2.38. The first-order valence-corrected chi connectivity index (χ1v) is 9.41. The Bertz CT molecular complexity index is 884. The molecule has 0 bridgehead atoms. The molecule has 0 aliphatic rings. The molecule has 0 aliphatic heterocycles. The lowest BCUT2D eigenvalue weighted by Crippen LogP contribution is -2.36. The number of aliphatic imine (C=N–C) groups is 1. The molecule has 0 aliphatic carbocycles. The zero-order valence-corrected chi connectivity index (χ0v) is 19.8. The van der Waals surface area contributed by atoms with Gasteiger partial charge in [-0.05, 0) is 36.8 Å². The first-order chi connectivity index (χ1) is 14.1. The minimum absolute atomic E-state index is 0. The van der Waals surface area contributed by atoms with Crippen LogP contribution < -0.4 is 15.4 Å². The maximum atomic E-state index is 13.9. The third-order valence-corrected chi connectivity index (χ3v) is 4.26. The van der Waals surface area contributed by atoms with Crippen molar-refractivity contribution in [2.75, 3.05) is 27.4 Å². The van der Waals surface area contributed by atoms with Crippen molar-refractivity contribution in [2.24, 2.45) is 4.99 Å². The molecule has 0 spiro atoms. The molecule has 2 aromatic carbocycles. The van der Waals surface area contributed by atoms with E-state index in [2.05, 4.69) is 15.6 Å². The van der Waals surface area contributed by atoms with Crippen molar-refractivity contribution < 1.29 is 13.9 Å². The summed E-state index contributed by atoms with van der Waals surface area (Å²) in [6, 6.07) is 12.3. The number of hydrogen-bond acceptors (Lipinski definition) is 4. The predicted octanol–water partition coefficient (Wildman–Crippen LogP) is 3.90. The summed E-state index contributed by atoms with van der Waals surface area (Å²) < 4.78 is 24.9. The molecule has 6 nitrogen and oxygen atoms in total. The molecule has 0 radical (unpaired) electrons. The van der Waals surface area contributed by atoms with Crippen molar-refractivity contribution in [3.8, 4) is 11.8 Å². The SMILES string of the molecule is CN=C(NCc1cc(C#N)ccc1F)NCc1ccc(C)cc1OCCCOC.I. The molecule has 0 heterocycles. The van der Waals surface area contributed by atoms with E-state index >= 15 is 0 Å². The van der Waals surface area contributed by atoms with Crippen molar-refractivity contribution in [3.05, 3.63) is 64.5 Å². The van der Waals surface area contributed by atoms with Crippen LogP contribution in [0, 0.1) is 24.1 Å². The van der Waals surface area contributed by atoms with E-state index in [1.54, 1.807) is 14.2 Å². The smallest absolute Gasteiger partial charge is 0.191 e. The van der Waals surface area contributed by atoms with E-state index < -0.39 is 0 Å². The van der Waals surface area contributed by atoms with E-state index in [0.717, 1.165) is 23.3 Å². The monoisotopic (exact) mass is 526 g/mol. The van der Waals surface area contributed by atoms with Crippen molar-refractivity contribution in [1.82, 2.24) is 10.6 Å². The van der Waals surface area contributed by atoms with Gasteiger partial charge in [-0.25, -0.2) is 4.39 Å². The highest BCUT2D eigenvalue weighted by Gasteiger charge is 2.08. The Kier molecular flexibility index (Phi) is 11.8. The summed E-state index contributed by atoms with van der Waals surface area (Å²) in [5.74, 6) is 0.978. The maximum absolute atomic E-state index is 13.9. The second-order valence-corrected chi connectivity index (χ2v) is 6.50. The van der Waals surface area contributed by atoms with Gasteiger partial charge in [0.2, 0.25) is 0 Å². The van der Waals surface area contributed by atoms with E-state index in [1.807, 2.05) is 31.2 Å². The van der Waals surface area contributed by atoms with Crippen molar-refractivity contribution in [3.63, 3.8) is 0 Å². The molecular formula is C22H28FIN4O2. The van der Waals surface area contributed by atoms with Gasteiger partial charge in [0.25, 0.3) is 0 Å². The molecule has 0 atom stereocenters. The van der Waals surface area contributed by atoms with Gasteiger partial charge in [0.15, 0.2) is 5.96 Å². The fourth-order valence-corrected chi connectivity index (χ4v) is 2.69. The number of aryl methyl sites for hydroxylation is 1. The van der Waals surface area contributed by atoms with E-state index in [0.29, 0.717) is 36.8 Å². The Morgan fingerprint density at radius 2 is 1.83 bits per heavy atom. The first-order valence-electron chi connectivity index (χ1n) is 9.41. The number of benzene rings is 2. The Morgan fingerprint density at radius 3 is 2.50 bits per heavy atom. The lowest BCUT2D eigenvalue weighted by molar-refractivity contribution is 0.171. The number of rotatable bonds is 9. The topological polar surface area (TPSA) is 78.7 Å². The standard InChI is InChI=1S/C22H27FN4O2.HI/c1-16-5-7-18(21(11-16)29-10-4-9-28-3)14-26-22(25-2)27-15-19-12-17(13-24)6-8-20(19)23;/h5-8,11-12H,4,9-10,14-15H2,1-3H3,(H2,25,26,27);1H. The molecule has 0 amide bonds. The maximum Gasteiger partial charge on any atom is 0.191 e. The van der Waals surface area contributed by atoms with Gasteiger partial charge < -0.3 is 20.1 Å². The van der Waals surface area contributed by atoms with Crippen molar-refractivity contribution >= 4 is 29.9 Å². The second-order valence-electron chi connectivity index (χ2n) is 6.50. The number of hydrogen-bond donors (Lipinski definition) is 2. The summed E-state index contributed by atoms with van der Waals surface area (Å²) in [6.45, 7) is 3.96. The summed E-state index contributed by atoms with van der Waals surface area (Å²) in [5.41, 5.74) is 2.94. The number of ether oxygens (including phenoxy) is 2. The van der Waals surface area contributed by atoms with Crippen LogP contribution in [-0.4, -0.2) is 33.3 Å². The summed E-state index contributed by atoms with van der Waals surface area (Å²) in [4.78, 5) is 4.17. The van der Waals surface area contributed by atoms with Gasteiger partial charge in [-0.15, -0.1) is 24.0 Å². The molecule has 0 saturated heterocycles. The van der Waals surface area contributed by atoms with Gasteiger partial charge in [0.1, 0.15) is 11.6 Å². The third-order valence-electron chi connectivity index (χ3n) is 4.26. The van der Waals surface area contributed by atoms with Gasteiger partial charge in [-0.3, -0.25) is 4.99 Å². The number of guanidine groups is 1. The normalized spacial score (nSPS) is 10.7. The zero-order valence-electron chi connectivity index (χ0n) is 17.5. The molecule has 0 aromatic heterocycles. The van der Waals surface area contributed by atoms with Gasteiger partial charge in [0.05, 0.1) is 18.2 Å². The van der Waals surface area contributed by atoms with Crippen molar-refractivity contribution in [2.45, 2.75) is 26.4 Å². The highest BCUT2D eigenvalue weighted by molar-refractivity contribution is 14.0. The van der Waals surface area contributed by atoms with Crippen LogP contribution in [0.3, 0.4) is 0 Å². The second kappa shape index (κ2) is 13.8. The fraction of sp³-hybridized carbons (Fsp3) is 0.364. The molecule has 2 rings (SSSR count). The molecular weight excluding hydrogens is 498 g/mol. The summed E-state index contributed by atoms with van der Waals surface area (Å²) >= 11 is 0. The van der Waals surface area contributed by atoms with E-state index in [1.165, 1.54) is 18.2 Å². The van der Waals surface area contributed by atoms with Crippen LogP contribution in [0.2, 0.25) is 0 Å². The molecule has 30 heavy (non-hydrogen) atoms. The van der Waals surface area contributed by atoms with Crippen LogP contribution in [0.1, 0.15) is 28.7 Å². The fourth-order valence-electron chi connectivity index (χ4n) is 2.69. The van der Waals surface area contributed by atoms with Gasteiger partial charge in [-0.2, -0.15) is 5.26 Å². The Labute approximate surface area is 194 Å². The quantitative estimate of drug-likeness (QED) is 0.224. The zero-order chi connectivity index (χ0) is 21.1. The van der Waals surface area contributed by atoms with Crippen molar-refractivity contribution in [1.29, 1.82) is 5.26 Å².